The molecule has 0 saturated carbocycles. The molecule has 0 bridgehead atoms. The zero-order valence-corrected chi connectivity index (χ0v) is 20.0. The molecule has 2 atom stereocenters. The summed E-state index contributed by atoms with van der Waals surface area (Å²) >= 11 is 0. The Labute approximate surface area is 181 Å². The van der Waals surface area contributed by atoms with Crippen LogP contribution in [0.3, 0.4) is 0 Å². The minimum Gasteiger partial charge on any atom is -0.359 e. The maximum absolute atomic E-state index is 5.47. The first kappa shape index (κ1) is 24.2. The van der Waals surface area contributed by atoms with Crippen molar-refractivity contribution in [2.24, 2.45) is 10.9 Å². The number of piperidine rings is 1. The van der Waals surface area contributed by atoms with Crippen molar-refractivity contribution in [3.63, 3.8) is 0 Å². The molecular formula is C20H38IN5O. The molecule has 0 spiro atoms. The van der Waals surface area contributed by atoms with E-state index in [1.165, 1.54) is 25.9 Å². The molecule has 156 valence electrons. The summed E-state index contributed by atoms with van der Waals surface area (Å²) in [7, 11) is 1.80. The normalized spacial score (nSPS) is 19.6. The van der Waals surface area contributed by atoms with Crippen LogP contribution in [0.15, 0.2) is 15.6 Å². The lowest BCUT2D eigenvalue weighted by Gasteiger charge is -2.35. The monoisotopic (exact) mass is 491 g/mol. The summed E-state index contributed by atoms with van der Waals surface area (Å²) in [6.07, 6.45) is 4.84. The number of nitrogens with one attached hydrogen (secondary N) is 2. The lowest BCUT2D eigenvalue weighted by atomic mass is 9.99. The van der Waals surface area contributed by atoms with Crippen molar-refractivity contribution < 1.29 is 4.52 Å². The molecule has 7 heteroatoms. The Kier molecular flexibility index (Phi) is 11.3. The molecule has 2 rings (SSSR count). The molecule has 1 aliphatic rings. The summed E-state index contributed by atoms with van der Waals surface area (Å²) in [4.78, 5) is 6.90. The van der Waals surface area contributed by atoms with Crippen LogP contribution >= 0.6 is 24.0 Å². The van der Waals surface area contributed by atoms with Crippen LogP contribution in [-0.4, -0.2) is 48.7 Å². The van der Waals surface area contributed by atoms with Gasteiger partial charge < -0.3 is 15.2 Å². The first-order valence-corrected chi connectivity index (χ1v) is 10.2. The predicted molar refractivity (Wildman–Crippen MR) is 123 cm³/mol. The average molecular weight is 491 g/mol. The molecule has 0 aliphatic carbocycles. The Morgan fingerprint density at radius 1 is 1.37 bits per heavy atom. The van der Waals surface area contributed by atoms with E-state index in [1.54, 1.807) is 7.05 Å². The summed E-state index contributed by atoms with van der Waals surface area (Å²) in [5, 5.41) is 11.0. The summed E-state index contributed by atoms with van der Waals surface area (Å²) in [5.41, 5.74) is 1.06. The standard InChI is InChI=1S/C20H37N5O.HI/c1-6-17(7-2)19-11-18(26-24-19)13-23-20(21-5)22-12-16(4)25-10-8-9-15(3)14-25;/h11,15-17H,6-10,12-14H2,1-5H3,(H2,21,22,23);1H. The molecular weight excluding hydrogens is 453 g/mol. The predicted octanol–water partition coefficient (Wildman–Crippen LogP) is 3.98. The van der Waals surface area contributed by atoms with Gasteiger partial charge in [0.2, 0.25) is 0 Å². The fraction of sp³-hybridized carbons (Fsp3) is 0.800. The van der Waals surface area contributed by atoms with Gasteiger partial charge in [0, 0.05) is 38.2 Å². The van der Waals surface area contributed by atoms with Crippen molar-refractivity contribution in [3.8, 4) is 0 Å². The van der Waals surface area contributed by atoms with Crippen LogP contribution in [0.1, 0.15) is 70.8 Å². The fourth-order valence-corrected chi connectivity index (χ4v) is 3.70. The summed E-state index contributed by atoms with van der Waals surface area (Å²) < 4.78 is 5.47. The number of hydrogen-bond donors (Lipinski definition) is 2. The maximum Gasteiger partial charge on any atom is 0.191 e. The Bertz CT molecular complexity index is 558. The second kappa shape index (κ2) is 12.6. The van der Waals surface area contributed by atoms with Gasteiger partial charge in [-0.05, 0) is 45.1 Å². The molecule has 0 radical (unpaired) electrons. The third kappa shape index (κ3) is 7.60. The highest BCUT2D eigenvalue weighted by atomic mass is 127. The van der Waals surface area contributed by atoms with Gasteiger partial charge in [0.15, 0.2) is 11.7 Å². The van der Waals surface area contributed by atoms with E-state index >= 15 is 0 Å². The zero-order chi connectivity index (χ0) is 18.9. The first-order chi connectivity index (χ1) is 12.6. The number of halogens is 1. The van der Waals surface area contributed by atoms with E-state index in [0.717, 1.165) is 42.7 Å². The maximum atomic E-state index is 5.47. The first-order valence-electron chi connectivity index (χ1n) is 10.2. The van der Waals surface area contributed by atoms with Crippen molar-refractivity contribution >= 4 is 29.9 Å². The molecule has 27 heavy (non-hydrogen) atoms. The molecule has 1 aromatic rings. The molecule has 2 unspecified atom stereocenters. The van der Waals surface area contributed by atoms with Crippen molar-refractivity contribution in [1.82, 2.24) is 20.7 Å². The van der Waals surface area contributed by atoms with Gasteiger partial charge in [-0.2, -0.15) is 0 Å². The van der Waals surface area contributed by atoms with E-state index < -0.39 is 0 Å². The highest BCUT2D eigenvalue weighted by Gasteiger charge is 2.21. The van der Waals surface area contributed by atoms with Gasteiger partial charge in [-0.15, -0.1) is 24.0 Å². The van der Waals surface area contributed by atoms with Crippen LogP contribution in [0.25, 0.3) is 0 Å². The van der Waals surface area contributed by atoms with Gasteiger partial charge in [-0.1, -0.05) is 25.9 Å². The summed E-state index contributed by atoms with van der Waals surface area (Å²) in [5.74, 6) is 2.95. The Morgan fingerprint density at radius 2 is 2.11 bits per heavy atom. The van der Waals surface area contributed by atoms with Crippen LogP contribution in [0.5, 0.6) is 0 Å². The van der Waals surface area contributed by atoms with Crippen LogP contribution in [0, 0.1) is 5.92 Å². The van der Waals surface area contributed by atoms with E-state index in [0.29, 0.717) is 18.5 Å². The summed E-state index contributed by atoms with van der Waals surface area (Å²) in [6.45, 7) is 12.9. The number of guanidine groups is 1. The van der Waals surface area contributed by atoms with Gasteiger partial charge in [0.25, 0.3) is 0 Å². The Balaban J connectivity index is 0.00000364. The van der Waals surface area contributed by atoms with Gasteiger partial charge >= 0.3 is 0 Å². The third-order valence-electron chi connectivity index (χ3n) is 5.51. The van der Waals surface area contributed by atoms with Crippen LogP contribution in [-0.2, 0) is 6.54 Å². The molecule has 1 aliphatic heterocycles. The van der Waals surface area contributed by atoms with Gasteiger partial charge in [0.05, 0.1) is 12.2 Å². The quantitative estimate of drug-likeness (QED) is 0.327. The van der Waals surface area contributed by atoms with Crippen LogP contribution in [0.4, 0.5) is 0 Å². The molecule has 1 fully saturated rings. The van der Waals surface area contributed by atoms with Crippen molar-refractivity contribution in [2.45, 2.75) is 71.9 Å². The minimum atomic E-state index is 0. The number of nitrogens with zero attached hydrogens (tertiary/aromatic N) is 3. The van der Waals surface area contributed by atoms with Gasteiger partial charge in [0.1, 0.15) is 0 Å². The van der Waals surface area contributed by atoms with E-state index in [2.05, 4.69) is 59.4 Å². The van der Waals surface area contributed by atoms with Gasteiger partial charge in [-0.25, -0.2) is 0 Å². The average Bonchev–Trinajstić information content (AvgIpc) is 3.11. The third-order valence-corrected chi connectivity index (χ3v) is 5.51. The summed E-state index contributed by atoms with van der Waals surface area (Å²) in [6, 6.07) is 2.57. The van der Waals surface area contributed by atoms with Crippen molar-refractivity contribution in [2.75, 3.05) is 26.7 Å². The molecule has 0 amide bonds. The zero-order valence-electron chi connectivity index (χ0n) is 17.6. The van der Waals surface area contributed by atoms with E-state index in [-0.39, 0.29) is 24.0 Å². The second-order valence-electron chi connectivity index (χ2n) is 7.63. The number of rotatable bonds is 8. The Morgan fingerprint density at radius 3 is 2.74 bits per heavy atom. The largest absolute Gasteiger partial charge is 0.359 e. The molecule has 2 N–H and O–H groups in total. The Hall–Kier alpha value is -0.830. The smallest absolute Gasteiger partial charge is 0.191 e. The lowest BCUT2D eigenvalue weighted by Crippen LogP contribution is -2.48. The molecule has 1 aromatic heterocycles. The van der Waals surface area contributed by atoms with Crippen LogP contribution in [0.2, 0.25) is 0 Å². The fourth-order valence-electron chi connectivity index (χ4n) is 3.70. The highest BCUT2D eigenvalue weighted by Crippen LogP contribution is 2.22. The number of aliphatic imine (C=N–C) groups is 1. The van der Waals surface area contributed by atoms with E-state index in [1.807, 2.05) is 0 Å². The molecule has 6 nitrogen and oxygen atoms in total. The van der Waals surface area contributed by atoms with Crippen molar-refractivity contribution in [3.05, 3.63) is 17.5 Å². The molecule has 2 heterocycles. The number of likely N-dealkylation sites (tertiary alicyclic amines) is 1. The topological polar surface area (TPSA) is 65.7 Å². The highest BCUT2D eigenvalue weighted by molar-refractivity contribution is 14.0. The van der Waals surface area contributed by atoms with Gasteiger partial charge in [-0.3, -0.25) is 9.89 Å². The van der Waals surface area contributed by atoms with Crippen molar-refractivity contribution in [1.29, 1.82) is 0 Å². The minimum absolute atomic E-state index is 0. The van der Waals surface area contributed by atoms with Crippen LogP contribution < -0.4 is 10.6 Å². The molecule has 1 saturated heterocycles. The SMILES string of the molecule is CCC(CC)c1cc(CNC(=NC)NCC(C)N2CCCC(C)C2)on1.I. The second-order valence-corrected chi connectivity index (χ2v) is 7.63. The number of aromatic nitrogens is 1. The lowest BCUT2D eigenvalue weighted by molar-refractivity contribution is 0.139. The van der Waals surface area contributed by atoms with E-state index in [4.69, 9.17) is 4.52 Å². The van der Waals surface area contributed by atoms with E-state index in [9.17, 15) is 0 Å². The molecule has 0 aromatic carbocycles. The number of hydrogen-bond acceptors (Lipinski definition) is 4.